The van der Waals surface area contributed by atoms with E-state index >= 15 is 0 Å². The largest absolute Gasteiger partial charge is 0.493 e. The maximum Gasteiger partial charge on any atom is 0.309 e. The first kappa shape index (κ1) is 20.1. The average molecular weight is 423 g/mol. The summed E-state index contributed by atoms with van der Waals surface area (Å²) >= 11 is 0. The van der Waals surface area contributed by atoms with Crippen LogP contribution in [0.4, 0.5) is 4.39 Å². The molecule has 2 heterocycles. The van der Waals surface area contributed by atoms with Gasteiger partial charge in [0, 0.05) is 25.0 Å². The molecule has 1 saturated heterocycles. The van der Waals surface area contributed by atoms with Gasteiger partial charge < -0.3 is 14.3 Å². The van der Waals surface area contributed by atoms with E-state index in [0.29, 0.717) is 42.5 Å². The fourth-order valence-corrected chi connectivity index (χ4v) is 4.61. The number of nitrogens with zero attached hydrogens (tertiary/aromatic N) is 1. The second-order valence-electron chi connectivity index (χ2n) is 8.82. The molecule has 0 amide bonds. The van der Waals surface area contributed by atoms with Gasteiger partial charge >= 0.3 is 5.97 Å². The maximum atomic E-state index is 14.8. The van der Waals surface area contributed by atoms with Gasteiger partial charge in [-0.2, -0.15) is 0 Å². The number of carboxylic acids is 1. The summed E-state index contributed by atoms with van der Waals surface area (Å²) in [5.41, 5.74) is 1.94. The topological polar surface area (TPSA) is 62.9 Å². The Labute approximate surface area is 180 Å². The van der Waals surface area contributed by atoms with Crippen LogP contribution in [-0.4, -0.2) is 35.7 Å². The molecule has 0 spiro atoms. The first-order valence-corrected chi connectivity index (χ1v) is 11.0. The first-order valence-electron chi connectivity index (χ1n) is 11.0. The van der Waals surface area contributed by atoms with Crippen molar-refractivity contribution in [3.05, 3.63) is 53.8 Å². The van der Waals surface area contributed by atoms with Gasteiger partial charge in [-0.15, -0.1) is 0 Å². The second kappa shape index (κ2) is 8.35. The molecule has 1 aromatic heterocycles. The molecule has 1 saturated carbocycles. The Hall–Kier alpha value is -2.86. The third kappa shape index (κ3) is 4.30. The molecule has 5 rings (SSSR count). The highest BCUT2D eigenvalue weighted by atomic mass is 19.1. The van der Waals surface area contributed by atoms with Gasteiger partial charge in [0.15, 0.2) is 0 Å². The molecule has 0 bridgehead atoms. The number of benzene rings is 2. The van der Waals surface area contributed by atoms with Gasteiger partial charge in [0.25, 0.3) is 0 Å². The van der Waals surface area contributed by atoms with Crippen molar-refractivity contribution in [3.63, 3.8) is 0 Å². The zero-order valence-corrected chi connectivity index (χ0v) is 17.4. The molecule has 0 unspecified atom stereocenters. The monoisotopic (exact) mass is 423 g/mol. The van der Waals surface area contributed by atoms with Crippen LogP contribution >= 0.6 is 0 Å². The number of fused-ring (bicyclic) bond motifs is 1. The van der Waals surface area contributed by atoms with Crippen LogP contribution in [0.3, 0.4) is 0 Å². The molecule has 1 aliphatic carbocycles. The van der Waals surface area contributed by atoms with Crippen molar-refractivity contribution in [2.75, 3.05) is 19.7 Å². The molecule has 2 aromatic carbocycles. The zero-order chi connectivity index (χ0) is 21.4. The van der Waals surface area contributed by atoms with Gasteiger partial charge in [0.2, 0.25) is 0 Å². The minimum atomic E-state index is -0.769. The van der Waals surface area contributed by atoms with E-state index in [9.17, 15) is 9.18 Å². The fourth-order valence-electron chi connectivity index (χ4n) is 4.61. The average Bonchev–Trinajstić information content (AvgIpc) is 3.37. The van der Waals surface area contributed by atoms with Crippen molar-refractivity contribution >= 4 is 16.9 Å². The van der Waals surface area contributed by atoms with Gasteiger partial charge in [-0.25, -0.2) is 4.39 Å². The van der Waals surface area contributed by atoms with Crippen molar-refractivity contribution in [3.8, 4) is 17.1 Å². The number of aliphatic carboxylic acids is 1. The summed E-state index contributed by atoms with van der Waals surface area (Å²) in [4.78, 5) is 12.9. The second-order valence-corrected chi connectivity index (χ2v) is 8.82. The van der Waals surface area contributed by atoms with Crippen molar-refractivity contribution in [1.82, 2.24) is 4.90 Å². The number of hydrogen-bond acceptors (Lipinski definition) is 4. The number of likely N-dealkylation sites (tertiary alicyclic amines) is 1. The molecule has 2 aliphatic rings. The van der Waals surface area contributed by atoms with E-state index in [2.05, 4.69) is 0 Å². The molecule has 3 aromatic rings. The zero-order valence-electron chi connectivity index (χ0n) is 17.4. The minimum absolute atomic E-state index is 0.313. The lowest BCUT2D eigenvalue weighted by atomic mass is 9.99. The highest BCUT2D eigenvalue weighted by Crippen LogP contribution is 2.33. The standard InChI is InChI=1S/C25H26FNO4/c26-22-9-17(12-27-13-19(14-27)25(28)29)5-7-21(22)24-11-18-10-20(6-8-23(18)31-24)30-15-16-3-1-2-4-16/h5-11,16,19H,1-4,12-15H2,(H,28,29). The molecule has 162 valence electrons. The lowest BCUT2D eigenvalue weighted by Gasteiger charge is -2.36. The minimum Gasteiger partial charge on any atom is -0.493 e. The highest BCUT2D eigenvalue weighted by Gasteiger charge is 2.32. The summed E-state index contributed by atoms with van der Waals surface area (Å²) in [6.45, 7) is 2.31. The molecule has 1 aliphatic heterocycles. The number of furan rings is 1. The molecule has 31 heavy (non-hydrogen) atoms. The maximum absolute atomic E-state index is 14.8. The Balaban J connectivity index is 1.27. The highest BCUT2D eigenvalue weighted by molar-refractivity contribution is 5.84. The van der Waals surface area contributed by atoms with Crippen LogP contribution in [0.25, 0.3) is 22.3 Å². The van der Waals surface area contributed by atoms with Crippen molar-refractivity contribution in [2.45, 2.75) is 32.2 Å². The SMILES string of the molecule is O=C(O)C1CN(Cc2ccc(-c3cc4cc(OCC5CCCC5)ccc4o3)c(F)c2)C1. The van der Waals surface area contributed by atoms with Gasteiger partial charge in [0.05, 0.1) is 18.1 Å². The number of carbonyl (C=O) groups is 1. The lowest BCUT2D eigenvalue weighted by molar-refractivity contribution is -0.147. The molecular formula is C25H26FNO4. The summed E-state index contributed by atoms with van der Waals surface area (Å²) in [6, 6.07) is 12.7. The number of hydrogen-bond donors (Lipinski definition) is 1. The Morgan fingerprint density at radius 2 is 1.94 bits per heavy atom. The summed E-state index contributed by atoms with van der Waals surface area (Å²) in [7, 11) is 0. The summed E-state index contributed by atoms with van der Waals surface area (Å²) in [5, 5.41) is 9.87. The normalized spacial score (nSPS) is 17.8. The van der Waals surface area contributed by atoms with Crippen LogP contribution in [0.15, 0.2) is 46.9 Å². The van der Waals surface area contributed by atoms with Gasteiger partial charge in [-0.3, -0.25) is 9.69 Å². The number of carboxylic acid groups (broad SMARTS) is 1. The molecule has 5 nitrogen and oxygen atoms in total. The van der Waals surface area contributed by atoms with Gasteiger partial charge in [0.1, 0.15) is 22.9 Å². The quantitative estimate of drug-likeness (QED) is 0.557. The van der Waals surface area contributed by atoms with E-state index in [0.717, 1.165) is 23.3 Å². The van der Waals surface area contributed by atoms with Crippen LogP contribution in [0, 0.1) is 17.7 Å². The van der Waals surface area contributed by atoms with E-state index in [-0.39, 0.29) is 11.7 Å². The fraction of sp³-hybridized carbons (Fsp3) is 0.400. The molecule has 0 radical (unpaired) electrons. The van der Waals surface area contributed by atoms with E-state index in [1.807, 2.05) is 35.2 Å². The Kier molecular flexibility index (Phi) is 5.40. The van der Waals surface area contributed by atoms with E-state index in [4.69, 9.17) is 14.3 Å². The number of halogens is 1. The number of ether oxygens (including phenoxy) is 1. The molecule has 2 fully saturated rings. The third-order valence-corrected chi connectivity index (χ3v) is 6.46. The molecule has 1 N–H and O–H groups in total. The first-order chi connectivity index (χ1) is 15.0. The lowest BCUT2D eigenvalue weighted by Crippen LogP contribution is -2.49. The van der Waals surface area contributed by atoms with Crippen molar-refractivity contribution in [1.29, 1.82) is 0 Å². The Morgan fingerprint density at radius 3 is 2.68 bits per heavy atom. The predicted molar refractivity (Wildman–Crippen MR) is 115 cm³/mol. The van der Waals surface area contributed by atoms with Crippen LogP contribution in [0.5, 0.6) is 5.75 Å². The van der Waals surface area contributed by atoms with Gasteiger partial charge in [-0.1, -0.05) is 18.9 Å². The smallest absolute Gasteiger partial charge is 0.309 e. The van der Waals surface area contributed by atoms with Gasteiger partial charge in [-0.05, 0) is 60.7 Å². The number of rotatable bonds is 7. The summed E-state index contributed by atoms with van der Waals surface area (Å²) < 4.78 is 26.7. The molecule has 0 atom stereocenters. The Bertz CT molecular complexity index is 1100. The molecule has 6 heteroatoms. The van der Waals surface area contributed by atoms with Crippen LogP contribution in [-0.2, 0) is 11.3 Å². The van der Waals surface area contributed by atoms with Crippen molar-refractivity contribution < 1.29 is 23.4 Å². The van der Waals surface area contributed by atoms with Crippen LogP contribution < -0.4 is 4.74 Å². The van der Waals surface area contributed by atoms with Crippen LogP contribution in [0.1, 0.15) is 31.2 Å². The van der Waals surface area contributed by atoms with Crippen molar-refractivity contribution in [2.24, 2.45) is 11.8 Å². The van der Waals surface area contributed by atoms with E-state index < -0.39 is 5.97 Å². The summed E-state index contributed by atoms with van der Waals surface area (Å²) in [5.74, 6) is 0.527. The summed E-state index contributed by atoms with van der Waals surface area (Å²) in [6.07, 6.45) is 5.07. The van der Waals surface area contributed by atoms with Crippen LogP contribution in [0.2, 0.25) is 0 Å². The predicted octanol–water partition coefficient (Wildman–Crippen LogP) is 5.32. The third-order valence-electron chi connectivity index (χ3n) is 6.46. The molecular weight excluding hydrogens is 397 g/mol. The van der Waals surface area contributed by atoms with E-state index in [1.54, 1.807) is 6.07 Å². The van der Waals surface area contributed by atoms with E-state index in [1.165, 1.54) is 31.7 Å². The Morgan fingerprint density at radius 1 is 1.13 bits per heavy atom.